The predicted molar refractivity (Wildman–Crippen MR) is 79.8 cm³/mol. The van der Waals surface area contributed by atoms with Crippen LogP contribution in [0.4, 0.5) is 0 Å². The largest absolute Gasteiger partial charge is 0.490 e. The molecule has 0 saturated heterocycles. The van der Waals surface area contributed by atoms with Crippen LogP contribution < -0.4 is 14.2 Å². The average Bonchev–Trinajstić information content (AvgIpc) is 2.81. The van der Waals surface area contributed by atoms with Gasteiger partial charge in [-0.3, -0.25) is 0 Å². The van der Waals surface area contributed by atoms with Gasteiger partial charge in [-0.25, -0.2) is 8.42 Å². The summed E-state index contributed by atoms with van der Waals surface area (Å²) in [7, 11) is -3.76. The van der Waals surface area contributed by atoms with Gasteiger partial charge in [-0.15, -0.1) is 10.2 Å². The molecule has 0 fully saturated rings. The number of sulfonamides is 1. The van der Waals surface area contributed by atoms with Crippen molar-refractivity contribution in [1.29, 1.82) is 0 Å². The van der Waals surface area contributed by atoms with Gasteiger partial charge in [-0.05, 0) is 19.1 Å². The van der Waals surface area contributed by atoms with Gasteiger partial charge in [0.2, 0.25) is 21.8 Å². The van der Waals surface area contributed by atoms with Crippen LogP contribution >= 0.6 is 0 Å². The first kappa shape index (κ1) is 15.8. The Hall–Kier alpha value is -2.13. The average molecular weight is 339 g/mol. The van der Waals surface area contributed by atoms with Crippen molar-refractivity contribution in [2.75, 3.05) is 13.2 Å². The summed E-state index contributed by atoms with van der Waals surface area (Å²) >= 11 is 0. The zero-order chi connectivity index (χ0) is 16.4. The molecule has 1 aliphatic rings. The first-order chi connectivity index (χ1) is 11.0. The Morgan fingerprint density at radius 3 is 2.61 bits per heavy atom. The van der Waals surface area contributed by atoms with E-state index in [4.69, 9.17) is 13.9 Å². The highest BCUT2D eigenvalue weighted by Gasteiger charge is 2.23. The Morgan fingerprint density at radius 2 is 1.91 bits per heavy atom. The number of fused-ring (bicyclic) bond motifs is 1. The summed E-state index contributed by atoms with van der Waals surface area (Å²) in [5.74, 6) is 1.55. The lowest BCUT2D eigenvalue weighted by Crippen LogP contribution is -2.27. The molecule has 23 heavy (non-hydrogen) atoms. The second-order valence-electron chi connectivity index (χ2n) is 5.16. The molecule has 3 rings (SSSR count). The van der Waals surface area contributed by atoms with Crippen LogP contribution in [0.25, 0.3) is 0 Å². The number of nitrogens with zero attached hydrogens (tertiary/aromatic N) is 2. The molecule has 1 atom stereocenters. The third-order valence-electron chi connectivity index (χ3n) is 3.27. The predicted octanol–water partition coefficient (Wildman–Crippen LogP) is 1.58. The van der Waals surface area contributed by atoms with Crippen LogP contribution in [0.5, 0.6) is 11.5 Å². The summed E-state index contributed by atoms with van der Waals surface area (Å²) in [6, 6.07) is 3.88. The zero-order valence-electron chi connectivity index (χ0n) is 12.8. The third-order valence-corrected chi connectivity index (χ3v) is 4.81. The quantitative estimate of drug-likeness (QED) is 0.902. The van der Waals surface area contributed by atoms with E-state index in [9.17, 15) is 8.42 Å². The second-order valence-corrected chi connectivity index (χ2v) is 6.88. The van der Waals surface area contributed by atoms with Crippen LogP contribution in [0.1, 0.15) is 31.2 Å². The van der Waals surface area contributed by atoms with Crippen LogP contribution in [0.3, 0.4) is 0 Å². The fourth-order valence-corrected chi connectivity index (χ4v) is 3.36. The molecule has 0 radical (unpaired) electrons. The van der Waals surface area contributed by atoms with Crippen molar-refractivity contribution in [2.45, 2.75) is 31.2 Å². The van der Waals surface area contributed by atoms with Gasteiger partial charge in [-0.1, -0.05) is 0 Å². The fraction of sp³-hybridized carbons (Fsp3) is 0.429. The second kappa shape index (κ2) is 6.17. The molecule has 1 aromatic carbocycles. The van der Waals surface area contributed by atoms with Gasteiger partial charge in [0.1, 0.15) is 0 Å². The smallest absolute Gasteiger partial charge is 0.241 e. The molecule has 1 aliphatic heterocycles. The number of benzene rings is 1. The molecule has 8 nitrogen and oxygen atoms in total. The van der Waals surface area contributed by atoms with E-state index in [1.807, 2.05) is 0 Å². The van der Waals surface area contributed by atoms with Crippen molar-refractivity contribution >= 4 is 10.0 Å². The molecule has 0 saturated carbocycles. The summed E-state index contributed by atoms with van der Waals surface area (Å²) in [6.45, 7) is 4.31. The van der Waals surface area contributed by atoms with E-state index in [2.05, 4.69) is 14.9 Å². The summed E-state index contributed by atoms with van der Waals surface area (Å²) in [5.41, 5.74) is 0. The molecule has 9 heteroatoms. The first-order valence-corrected chi connectivity index (χ1v) is 8.66. The molecule has 0 amide bonds. The number of hydrogen-bond acceptors (Lipinski definition) is 7. The lowest BCUT2D eigenvalue weighted by molar-refractivity contribution is 0.297. The number of rotatable bonds is 4. The van der Waals surface area contributed by atoms with Crippen molar-refractivity contribution < 1.29 is 22.3 Å². The van der Waals surface area contributed by atoms with Gasteiger partial charge >= 0.3 is 0 Å². The van der Waals surface area contributed by atoms with Gasteiger partial charge in [-0.2, -0.15) is 4.72 Å². The van der Waals surface area contributed by atoms with E-state index in [1.165, 1.54) is 12.1 Å². The summed E-state index contributed by atoms with van der Waals surface area (Å²) in [5, 5.41) is 7.51. The number of aromatic nitrogens is 2. The van der Waals surface area contributed by atoms with E-state index >= 15 is 0 Å². The lowest BCUT2D eigenvalue weighted by atomic mass is 10.3. The Balaban J connectivity index is 1.83. The van der Waals surface area contributed by atoms with E-state index in [1.54, 1.807) is 19.9 Å². The highest BCUT2D eigenvalue weighted by atomic mass is 32.2. The Labute approximate surface area is 133 Å². The molecule has 0 bridgehead atoms. The Bertz CT molecular complexity index is 802. The number of aryl methyl sites for hydroxylation is 1. The maximum Gasteiger partial charge on any atom is 0.241 e. The molecule has 0 spiro atoms. The minimum atomic E-state index is -3.76. The molecule has 1 N–H and O–H groups in total. The molecule has 2 aromatic rings. The maximum atomic E-state index is 12.5. The van der Waals surface area contributed by atoms with Crippen LogP contribution in [0.2, 0.25) is 0 Å². The maximum absolute atomic E-state index is 12.5. The lowest BCUT2D eigenvalue weighted by Gasteiger charge is -2.13. The molecular weight excluding hydrogens is 322 g/mol. The normalized spacial score (nSPS) is 15.9. The first-order valence-electron chi connectivity index (χ1n) is 7.18. The molecule has 1 unspecified atom stereocenters. The summed E-state index contributed by atoms with van der Waals surface area (Å²) in [6.07, 6.45) is 0.753. The zero-order valence-corrected chi connectivity index (χ0v) is 13.6. The van der Waals surface area contributed by atoms with E-state index in [-0.39, 0.29) is 10.8 Å². The standard InChI is InChI=1S/C14H17N3O5S/c1-9(14-16-15-10(2)22-14)17-23(18,19)11-4-5-12-13(8-11)21-7-3-6-20-12/h4-5,8-9,17H,3,6-7H2,1-2H3. The summed E-state index contributed by atoms with van der Waals surface area (Å²) < 4.78 is 43.8. The Morgan fingerprint density at radius 1 is 1.17 bits per heavy atom. The minimum Gasteiger partial charge on any atom is -0.490 e. The minimum absolute atomic E-state index is 0.0878. The molecule has 0 aliphatic carbocycles. The highest BCUT2D eigenvalue weighted by Crippen LogP contribution is 2.32. The SMILES string of the molecule is Cc1nnc(C(C)NS(=O)(=O)c2ccc3c(c2)OCCCO3)o1. The number of ether oxygens (including phenoxy) is 2. The van der Waals surface area contributed by atoms with Gasteiger partial charge in [0.05, 0.1) is 24.2 Å². The summed E-state index contributed by atoms with van der Waals surface area (Å²) in [4.78, 5) is 0.0878. The van der Waals surface area contributed by atoms with Gasteiger partial charge in [0.25, 0.3) is 0 Å². The van der Waals surface area contributed by atoms with Crippen LogP contribution in [-0.4, -0.2) is 31.8 Å². The van der Waals surface area contributed by atoms with E-state index in [0.29, 0.717) is 30.6 Å². The van der Waals surface area contributed by atoms with Crippen LogP contribution in [0.15, 0.2) is 27.5 Å². The number of hydrogen-bond donors (Lipinski definition) is 1. The molecular formula is C14H17N3O5S. The van der Waals surface area contributed by atoms with Crippen LogP contribution in [0, 0.1) is 6.92 Å². The molecule has 2 heterocycles. The van der Waals surface area contributed by atoms with Gasteiger partial charge in [0, 0.05) is 19.4 Å². The van der Waals surface area contributed by atoms with Gasteiger partial charge in [0.15, 0.2) is 11.5 Å². The van der Waals surface area contributed by atoms with Crippen molar-refractivity contribution in [2.24, 2.45) is 0 Å². The highest BCUT2D eigenvalue weighted by molar-refractivity contribution is 7.89. The van der Waals surface area contributed by atoms with Crippen molar-refractivity contribution in [3.05, 3.63) is 30.0 Å². The van der Waals surface area contributed by atoms with Crippen molar-refractivity contribution in [1.82, 2.24) is 14.9 Å². The number of nitrogens with one attached hydrogen (secondary N) is 1. The Kier molecular flexibility index (Phi) is 4.22. The van der Waals surface area contributed by atoms with Crippen LogP contribution in [-0.2, 0) is 10.0 Å². The fourth-order valence-electron chi connectivity index (χ4n) is 2.15. The van der Waals surface area contributed by atoms with Crippen molar-refractivity contribution in [3.8, 4) is 11.5 Å². The van der Waals surface area contributed by atoms with E-state index < -0.39 is 16.1 Å². The monoisotopic (exact) mass is 339 g/mol. The molecule has 124 valence electrons. The third kappa shape index (κ3) is 3.45. The van der Waals surface area contributed by atoms with Gasteiger partial charge < -0.3 is 13.9 Å². The van der Waals surface area contributed by atoms with Crippen molar-refractivity contribution in [3.63, 3.8) is 0 Å². The topological polar surface area (TPSA) is 104 Å². The molecule has 1 aromatic heterocycles. The van der Waals surface area contributed by atoms with E-state index in [0.717, 1.165) is 6.42 Å².